The Morgan fingerprint density at radius 3 is 2.38 bits per heavy atom. The number of nitrogens with one attached hydrogen (secondary N) is 1. The van der Waals surface area contributed by atoms with Crippen molar-refractivity contribution in [2.45, 2.75) is 5.16 Å². The van der Waals surface area contributed by atoms with Crippen LogP contribution < -0.4 is 10.2 Å². The van der Waals surface area contributed by atoms with Gasteiger partial charge in [0, 0.05) is 18.0 Å². The number of anilines is 1. The maximum Gasteiger partial charge on any atom is 0.335 e. The summed E-state index contributed by atoms with van der Waals surface area (Å²) in [7, 11) is 0. The van der Waals surface area contributed by atoms with E-state index in [1.54, 1.807) is 30.3 Å². The second kappa shape index (κ2) is 6.63. The molecule has 1 aliphatic rings. The van der Waals surface area contributed by atoms with Crippen LogP contribution in [0.5, 0.6) is 0 Å². The molecule has 4 amide bonds. The molecule has 0 unspecified atom stereocenters. The number of para-hydroxylation sites is 1. The van der Waals surface area contributed by atoms with Crippen molar-refractivity contribution in [3.63, 3.8) is 0 Å². The van der Waals surface area contributed by atoms with Crippen LogP contribution in [0.3, 0.4) is 0 Å². The fraction of sp³-hybridized carbons (Fsp3) is 0.0625. The first-order chi connectivity index (χ1) is 11.6. The van der Waals surface area contributed by atoms with E-state index < -0.39 is 17.8 Å². The first kappa shape index (κ1) is 15.9. The zero-order chi connectivity index (χ0) is 17.1. The van der Waals surface area contributed by atoms with Crippen molar-refractivity contribution < 1.29 is 14.4 Å². The van der Waals surface area contributed by atoms with Gasteiger partial charge in [-0.25, -0.2) is 19.7 Å². The molecule has 1 aromatic heterocycles. The molecule has 7 nitrogen and oxygen atoms in total. The highest BCUT2D eigenvalue weighted by Crippen LogP contribution is 2.21. The summed E-state index contributed by atoms with van der Waals surface area (Å²) in [6, 6.07) is 7.61. The second-order valence-electron chi connectivity index (χ2n) is 4.80. The molecule has 2 aromatic rings. The zero-order valence-electron chi connectivity index (χ0n) is 12.6. The number of amides is 4. The standard InChI is InChI=1S/C16H12N4O3S/c1-24-15-17-8-10(9-18-15)7-12-13(21)19-16(23)20(14(12)22)11-5-3-2-4-6-11/h2-9H,1H3,(H,19,21,23). The summed E-state index contributed by atoms with van der Waals surface area (Å²) in [6.07, 6.45) is 6.23. The van der Waals surface area contributed by atoms with Gasteiger partial charge in [-0.2, -0.15) is 0 Å². The summed E-state index contributed by atoms with van der Waals surface area (Å²) >= 11 is 1.38. The van der Waals surface area contributed by atoms with E-state index in [2.05, 4.69) is 15.3 Å². The van der Waals surface area contributed by atoms with Gasteiger partial charge in [0.15, 0.2) is 5.16 Å². The smallest absolute Gasteiger partial charge is 0.273 e. The number of barbiturate groups is 1. The van der Waals surface area contributed by atoms with Crippen molar-refractivity contribution >= 4 is 41.4 Å². The van der Waals surface area contributed by atoms with Gasteiger partial charge in [0.1, 0.15) is 5.57 Å². The lowest BCUT2D eigenvalue weighted by Crippen LogP contribution is -2.54. The van der Waals surface area contributed by atoms with Crippen LogP contribution >= 0.6 is 11.8 Å². The molecule has 24 heavy (non-hydrogen) atoms. The van der Waals surface area contributed by atoms with E-state index in [4.69, 9.17) is 0 Å². The van der Waals surface area contributed by atoms with Gasteiger partial charge < -0.3 is 0 Å². The second-order valence-corrected chi connectivity index (χ2v) is 5.57. The molecule has 0 saturated carbocycles. The van der Waals surface area contributed by atoms with Gasteiger partial charge in [-0.1, -0.05) is 30.0 Å². The molecular weight excluding hydrogens is 328 g/mol. The average Bonchev–Trinajstić information content (AvgIpc) is 2.60. The molecule has 1 aliphatic heterocycles. The number of urea groups is 1. The van der Waals surface area contributed by atoms with Gasteiger partial charge in [0.2, 0.25) is 0 Å². The molecule has 0 aliphatic carbocycles. The summed E-state index contributed by atoms with van der Waals surface area (Å²) in [5, 5.41) is 2.75. The van der Waals surface area contributed by atoms with Crippen LogP contribution in [0.4, 0.5) is 10.5 Å². The summed E-state index contributed by atoms with van der Waals surface area (Å²) in [4.78, 5) is 45.7. The minimum atomic E-state index is -0.776. The normalized spacial score (nSPS) is 16.5. The van der Waals surface area contributed by atoms with Crippen LogP contribution in [0.2, 0.25) is 0 Å². The largest absolute Gasteiger partial charge is 0.335 e. The molecule has 1 aromatic carbocycles. The lowest BCUT2D eigenvalue weighted by atomic mass is 10.1. The van der Waals surface area contributed by atoms with Crippen LogP contribution in [0.15, 0.2) is 53.5 Å². The van der Waals surface area contributed by atoms with E-state index in [-0.39, 0.29) is 5.57 Å². The number of hydrogen-bond donors (Lipinski definition) is 1. The maximum absolute atomic E-state index is 12.6. The van der Waals surface area contributed by atoms with Crippen LogP contribution in [-0.4, -0.2) is 34.1 Å². The van der Waals surface area contributed by atoms with Crippen molar-refractivity contribution in [2.75, 3.05) is 11.2 Å². The van der Waals surface area contributed by atoms with Gasteiger partial charge in [0.05, 0.1) is 5.69 Å². The van der Waals surface area contributed by atoms with Crippen molar-refractivity contribution in [2.24, 2.45) is 0 Å². The van der Waals surface area contributed by atoms with Crippen molar-refractivity contribution in [1.29, 1.82) is 0 Å². The third-order valence-electron chi connectivity index (χ3n) is 3.26. The topological polar surface area (TPSA) is 92.3 Å². The van der Waals surface area contributed by atoms with Crippen LogP contribution in [-0.2, 0) is 9.59 Å². The fourth-order valence-corrected chi connectivity index (χ4v) is 2.46. The first-order valence-corrected chi connectivity index (χ1v) is 8.15. The van der Waals surface area contributed by atoms with Gasteiger partial charge >= 0.3 is 6.03 Å². The Labute approximate surface area is 141 Å². The van der Waals surface area contributed by atoms with E-state index in [0.717, 1.165) is 4.90 Å². The molecule has 2 heterocycles. The summed E-state index contributed by atoms with van der Waals surface area (Å²) < 4.78 is 0. The summed E-state index contributed by atoms with van der Waals surface area (Å²) in [5.41, 5.74) is 0.722. The van der Waals surface area contributed by atoms with Gasteiger partial charge in [-0.3, -0.25) is 14.9 Å². The highest BCUT2D eigenvalue weighted by atomic mass is 32.2. The molecule has 0 spiro atoms. The van der Waals surface area contributed by atoms with Crippen molar-refractivity contribution in [1.82, 2.24) is 15.3 Å². The highest BCUT2D eigenvalue weighted by Gasteiger charge is 2.36. The lowest BCUT2D eigenvalue weighted by Gasteiger charge is -2.26. The Hall–Kier alpha value is -3.00. The molecule has 8 heteroatoms. The summed E-state index contributed by atoms with van der Waals surface area (Å²) in [5.74, 6) is -1.44. The third kappa shape index (κ3) is 3.04. The molecule has 1 N–H and O–H groups in total. The molecule has 0 atom stereocenters. The van der Waals surface area contributed by atoms with E-state index in [9.17, 15) is 14.4 Å². The Kier molecular flexibility index (Phi) is 4.39. The van der Waals surface area contributed by atoms with Crippen molar-refractivity contribution in [3.8, 4) is 0 Å². The van der Waals surface area contributed by atoms with Crippen LogP contribution in [0, 0.1) is 0 Å². The molecule has 1 saturated heterocycles. The molecule has 3 rings (SSSR count). The number of carbonyl (C=O) groups is 3. The predicted molar refractivity (Wildman–Crippen MR) is 89.3 cm³/mol. The number of thioether (sulfide) groups is 1. The Morgan fingerprint density at radius 2 is 1.75 bits per heavy atom. The number of benzene rings is 1. The number of carbonyl (C=O) groups excluding carboxylic acids is 3. The van der Waals surface area contributed by atoms with Gasteiger partial charge in [-0.15, -0.1) is 0 Å². The fourth-order valence-electron chi connectivity index (χ4n) is 2.14. The SMILES string of the molecule is CSc1ncc(C=C2C(=O)NC(=O)N(c3ccccc3)C2=O)cn1. The Balaban J connectivity index is 1.97. The van der Waals surface area contributed by atoms with E-state index in [1.807, 2.05) is 6.26 Å². The lowest BCUT2D eigenvalue weighted by molar-refractivity contribution is -0.122. The number of nitrogens with zero attached hydrogens (tertiary/aromatic N) is 3. The number of imide groups is 2. The van der Waals surface area contributed by atoms with Crippen LogP contribution in [0.1, 0.15) is 5.56 Å². The van der Waals surface area contributed by atoms with Crippen LogP contribution in [0.25, 0.3) is 6.08 Å². The summed E-state index contributed by atoms with van der Waals surface area (Å²) in [6.45, 7) is 0. The molecular formula is C16H12N4O3S. The predicted octanol–water partition coefficient (Wildman–Crippen LogP) is 1.86. The number of aromatic nitrogens is 2. The molecule has 120 valence electrons. The first-order valence-electron chi connectivity index (χ1n) is 6.92. The van der Waals surface area contributed by atoms with E-state index in [0.29, 0.717) is 16.4 Å². The average molecular weight is 340 g/mol. The van der Waals surface area contributed by atoms with E-state index >= 15 is 0 Å². The Bertz CT molecular complexity index is 834. The minimum Gasteiger partial charge on any atom is -0.273 e. The maximum atomic E-state index is 12.6. The van der Waals surface area contributed by atoms with Crippen molar-refractivity contribution in [3.05, 3.63) is 53.9 Å². The molecule has 1 fully saturated rings. The Morgan fingerprint density at radius 1 is 1.08 bits per heavy atom. The van der Waals surface area contributed by atoms with E-state index in [1.165, 1.54) is 30.2 Å². The zero-order valence-corrected chi connectivity index (χ0v) is 13.4. The van der Waals surface area contributed by atoms with Gasteiger partial charge in [0.25, 0.3) is 11.8 Å². The third-order valence-corrected chi connectivity index (χ3v) is 3.83. The minimum absolute atomic E-state index is 0.154. The highest BCUT2D eigenvalue weighted by molar-refractivity contribution is 7.98. The quantitative estimate of drug-likeness (QED) is 0.397. The number of hydrogen-bond acceptors (Lipinski definition) is 6. The number of rotatable bonds is 3. The molecule has 0 radical (unpaired) electrons. The molecule has 0 bridgehead atoms. The monoisotopic (exact) mass is 340 g/mol. The van der Waals surface area contributed by atoms with Gasteiger partial charge in [-0.05, 0) is 24.5 Å².